The Hall–Kier alpha value is -1.22. The number of rotatable bonds is 3. The Morgan fingerprint density at radius 3 is 2.88 bits per heavy atom. The molecule has 0 saturated carbocycles. The lowest BCUT2D eigenvalue weighted by atomic mass is 10.0. The van der Waals surface area contributed by atoms with E-state index < -0.39 is 0 Å². The number of ether oxygens (including phenoxy) is 1. The average molecular weight is 234 g/mol. The molecule has 1 aromatic rings. The molecule has 0 spiro atoms. The van der Waals surface area contributed by atoms with Crippen LogP contribution in [0.2, 0.25) is 0 Å². The van der Waals surface area contributed by atoms with Crippen molar-refractivity contribution >= 4 is 5.69 Å². The zero-order chi connectivity index (χ0) is 12.3. The highest BCUT2D eigenvalue weighted by Gasteiger charge is 2.19. The van der Waals surface area contributed by atoms with E-state index in [9.17, 15) is 0 Å². The maximum Gasteiger partial charge on any atom is 0.142 e. The number of anilines is 1. The number of fused-ring (bicyclic) bond motifs is 1. The van der Waals surface area contributed by atoms with Crippen molar-refractivity contribution in [3.05, 3.63) is 24.3 Å². The van der Waals surface area contributed by atoms with Crippen molar-refractivity contribution in [2.45, 2.75) is 26.3 Å². The summed E-state index contributed by atoms with van der Waals surface area (Å²) in [6.45, 7) is 7.07. The summed E-state index contributed by atoms with van der Waals surface area (Å²) < 4.78 is 5.74. The first-order valence-electron chi connectivity index (χ1n) is 6.41. The SMILES string of the molecule is CC(C)C(N)CN1CCCOc2ccccc21. The number of para-hydroxylation sites is 2. The summed E-state index contributed by atoms with van der Waals surface area (Å²) in [5, 5.41) is 0. The fraction of sp³-hybridized carbons (Fsp3) is 0.571. The molecule has 1 heterocycles. The van der Waals surface area contributed by atoms with Crippen LogP contribution < -0.4 is 15.4 Å². The van der Waals surface area contributed by atoms with E-state index in [1.54, 1.807) is 0 Å². The fourth-order valence-electron chi connectivity index (χ4n) is 2.05. The van der Waals surface area contributed by atoms with Gasteiger partial charge in [-0.2, -0.15) is 0 Å². The summed E-state index contributed by atoms with van der Waals surface area (Å²) in [7, 11) is 0. The maximum atomic E-state index is 6.17. The van der Waals surface area contributed by atoms with Crippen LogP contribution in [0, 0.1) is 5.92 Å². The first-order chi connectivity index (χ1) is 8.18. The van der Waals surface area contributed by atoms with Crippen molar-refractivity contribution in [2.24, 2.45) is 11.7 Å². The van der Waals surface area contributed by atoms with Gasteiger partial charge in [-0.1, -0.05) is 26.0 Å². The van der Waals surface area contributed by atoms with Crippen LogP contribution in [-0.4, -0.2) is 25.7 Å². The first kappa shape index (κ1) is 12.2. The van der Waals surface area contributed by atoms with Crippen LogP contribution in [-0.2, 0) is 0 Å². The molecule has 94 valence electrons. The number of hydrogen-bond donors (Lipinski definition) is 1. The molecule has 3 nitrogen and oxygen atoms in total. The van der Waals surface area contributed by atoms with E-state index in [4.69, 9.17) is 10.5 Å². The molecule has 0 radical (unpaired) electrons. The lowest BCUT2D eigenvalue weighted by Crippen LogP contribution is -2.41. The predicted molar refractivity (Wildman–Crippen MR) is 71.6 cm³/mol. The molecule has 3 heteroatoms. The van der Waals surface area contributed by atoms with Gasteiger partial charge in [-0.25, -0.2) is 0 Å². The molecule has 2 rings (SSSR count). The van der Waals surface area contributed by atoms with Gasteiger partial charge < -0.3 is 15.4 Å². The van der Waals surface area contributed by atoms with E-state index in [1.165, 1.54) is 5.69 Å². The molecule has 17 heavy (non-hydrogen) atoms. The summed E-state index contributed by atoms with van der Waals surface area (Å²) in [5.41, 5.74) is 7.35. The normalized spacial score (nSPS) is 17.3. The van der Waals surface area contributed by atoms with Crippen molar-refractivity contribution in [2.75, 3.05) is 24.6 Å². The summed E-state index contributed by atoms with van der Waals surface area (Å²) in [5.74, 6) is 1.49. The Kier molecular flexibility index (Phi) is 3.89. The van der Waals surface area contributed by atoms with Gasteiger partial charge in [-0.3, -0.25) is 0 Å². The van der Waals surface area contributed by atoms with Crippen LogP contribution in [0.25, 0.3) is 0 Å². The molecule has 2 N–H and O–H groups in total. The molecule has 1 aliphatic rings. The predicted octanol–water partition coefficient (Wildman–Crippen LogP) is 2.26. The molecule has 0 fully saturated rings. The molecule has 0 amide bonds. The van der Waals surface area contributed by atoms with Gasteiger partial charge in [0.25, 0.3) is 0 Å². The van der Waals surface area contributed by atoms with Crippen LogP contribution in [0.3, 0.4) is 0 Å². The summed E-state index contributed by atoms with van der Waals surface area (Å²) in [6.07, 6.45) is 1.06. The molecule has 1 aliphatic heterocycles. The average Bonchev–Trinajstić information content (AvgIpc) is 2.52. The minimum Gasteiger partial charge on any atom is -0.491 e. The minimum absolute atomic E-state index is 0.209. The number of nitrogens with two attached hydrogens (primary N) is 1. The Bertz CT molecular complexity index is 365. The van der Waals surface area contributed by atoms with Gasteiger partial charge in [0.2, 0.25) is 0 Å². The first-order valence-corrected chi connectivity index (χ1v) is 6.41. The smallest absolute Gasteiger partial charge is 0.142 e. The lowest BCUT2D eigenvalue weighted by Gasteiger charge is -2.28. The van der Waals surface area contributed by atoms with Gasteiger partial charge in [0.05, 0.1) is 12.3 Å². The Morgan fingerprint density at radius 1 is 1.35 bits per heavy atom. The van der Waals surface area contributed by atoms with Gasteiger partial charge in [0.15, 0.2) is 0 Å². The number of benzene rings is 1. The van der Waals surface area contributed by atoms with Gasteiger partial charge in [0, 0.05) is 19.1 Å². The maximum absolute atomic E-state index is 6.17. The van der Waals surface area contributed by atoms with Crippen molar-refractivity contribution in [3.8, 4) is 5.75 Å². The molecule has 1 aromatic carbocycles. The summed E-state index contributed by atoms with van der Waals surface area (Å²) in [6, 6.07) is 8.44. The summed E-state index contributed by atoms with van der Waals surface area (Å²) in [4.78, 5) is 2.35. The van der Waals surface area contributed by atoms with Crippen LogP contribution in [0.5, 0.6) is 5.75 Å². The highest BCUT2D eigenvalue weighted by molar-refractivity contribution is 5.59. The van der Waals surface area contributed by atoms with Gasteiger partial charge >= 0.3 is 0 Å². The molecule has 0 aliphatic carbocycles. The Balaban J connectivity index is 2.17. The van der Waals surface area contributed by atoms with E-state index in [0.717, 1.165) is 31.9 Å². The second-order valence-corrected chi connectivity index (χ2v) is 5.02. The van der Waals surface area contributed by atoms with E-state index in [2.05, 4.69) is 30.9 Å². The molecular formula is C14H22N2O. The quantitative estimate of drug-likeness (QED) is 0.872. The third-order valence-electron chi connectivity index (χ3n) is 3.32. The van der Waals surface area contributed by atoms with E-state index in [0.29, 0.717) is 5.92 Å². The standard InChI is InChI=1S/C14H22N2O/c1-11(2)12(15)10-16-8-5-9-17-14-7-4-3-6-13(14)16/h3-4,6-7,11-12H,5,8-10,15H2,1-2H3. The van der Waals surface area contributed by atoms with E-state index in [1.807, 2.05) is 12.1 Å². The number of nitrogens with zero attached hydrogens (tertiary/aromatic N) is 1. The zero-order valence-corrected chi connectivity index (χ0v) is 10.7. The zero-order valence-electron chi connectivity index (χ0n) is 10.7. The minimum atomic E-state index is 0.209. The summed E-state index contributed by atoms with van der Waals surface area (Å²) >= 11 is 0. The van der Waals surface area contributed by atoms with Crippen molar-refractivity contribution in [1.29, 1.82) is 0 Å². The van der Waals surface area contributed by atoms with Crippen LogP contribution in [0.1, 0.15) is 20.3 Å². The lowest BCUT2D eigenvalue weighted by molar-refractivity contribution is 0.322. The van der Waals surface area contributed by atoms with Gasteiger partial charge in [-0.15, -0.1) is 0 Å². The van der Waals surface area contributed by atoms with Gasteiger partial charge in [0.1, 0.15) is 5.75 Å². The van der Waals surface area contributed by atoms with Crippen molar-refractivity contribution in [3.63, 3.8) is 0 Å². The second-order valence-electron chi connectivity index (χ2n) is 5.02. The van der Waals surface area contributed by atoms with E-state index >= 15 is 0 Å². The van der Waals surface area contributed by atoms with Crippen LogP contribution in [0.15, 0.2) is 24.3 Å². The van der Waals surface area contributed by atoms with Crippen molar-refractivity contribution < 1.29 is 4.74 Å². The van der Waals surface area contributed by atoms with Crippen LogP contribution >= 0.6 is 0 Å². The number of hydrogen-bond acceptors (Lipinski definition) is 3. The highest BCUT2D eigenvalue weighted by atomic mass is 16.5. The molecule has 0 bridgehead atoms. The Labute approximate surface area is 104 Å². The van der Waals surface area contributed by atoms with E-state index in [-0.39, 0.29) is 6.04 Å². The molecule has 0 saturated heterocycles. The largest absolute Gasteiger partial charge is 0.491 e. The molecule has 1 atom stereocenters. The third-order valence-corrected chi connectivity index (χ3v) is 3.32. The van der Waals surface area contributed by atoms with Crippen molar-refractivity contribution in [1.82, 2.24) is 0 Å². The molecule has 1 unspecified atom stereocenters. The van der Waals surface area contributed by atoms with Gasteiger partial charge in [-0.05, 0) is 24.5 Å². The monoisotopic (exact) mass is 234 g/mol. The second kappa shape index (κ2) is 5.41. The topological polar surface area (TPSA) is 38.5 Å². The van der Waals surface area contributed by atoms with Crippen LogP contribution in [0.4, 0.5) is 5.69 Å². The third kappa shape index (κ3) is 2.91. The highest BCUT2D eigenvalue weighted by Crippen LogP contribution is 2.30. The fourth-order valence-corrected chi connectivity index (χ4v) is 2.05. The molecule has 0 aromatic heterocycles. The molecular weight excluding hydrogens is 212 g/mol. The Morgan fingerprint density at radius 2 is 2.12 bits per heavy atom.